The van der Waals surface area contributed by atoms with Gasteiger partial charge in [0.2, 0.25) is 0 Å². The molecule has 0 aromatic carbocycles. The number of carbonyl (C=O) groups is 1. The topological polar surface area (TPSA) is 50.2 Å². The van der Waals surface area contributed by atoms with Crippen LogP contribution in [0, 0.1) is 0 Å². The molecule has 1 N–H and O–H groups in total. The SMILES string of the molecule is CCc1cc(C(=O)N(CC2CCCN2)C2CC2)n(CC)n1. The Bertz CT molecular complexity index is 500. The highest BCUT2D eigenvalue weighted by Crippen LogP contribution is 2.29. The van der Waals surface area contributed by atoms with Crippen LogP contribution in [0.2, 0.25) is 0 Å². The number of aryl methyl sites for hydroxylation is 2. The minimum atomic E-state index is 0.167. The molecular formula is C16H26N4O. The van der Waals surface area contributed by atoms with E-state index in [1.807, 2.05) is 17.7 Å². The average Bonchev–Trinajstić information content (AvgIpc) is 3.05. The Morgan fingerprint density at radius 2 is 2.24 bits per heavy atom. The molecule has 1 saturated heterocycles. The smallest absolute Gasteiger partial charge is 0.272 e. The van der Waals surface area contributed by atoms with Crippen LogP contribution in [-0.4, -0.2) is 45.8 Å². The Hall–Kier alpha value is -1.36. The zero-order valence-corrected chi connectivity index (χ0v) is 13.1. The lowest BCUT2D eigenvalue weighted by Gasteiger charge is -2.26. The van der Waals surface area contributed by atoms with E-state index in [0.717, 1.165) is 50.3 Å². The van der Waals surface area contributed by atoms with Gasteiger partial charge in [-0.25, -0.2) is 0 Å². The number of hydrogen-bond acceptors (Lipinski definition) is 3. The zero-order valence-electron chi connectivity index (χ0n) is 13.1. The largest absolute Gasteiger partial charge is 0.333 e. The van der Waals surface area contributed by atoms with Crippen molar-refractivity contribution in [1.82, 2.24) is 20.0 Å². The second kappa shape index (κ2) is 6.18. The van der Waals surface area contributed by atoms with E-state index in [1.54, 1.807) is 0 Å². The molecule has 2 fully saturated rings. The van der Waals surface area contributed by atoms with Crippen LogP contribution < -0.4 is 5.32 Å². The van der Waals surface area contributed by atoms with Crippen molar-refractivity contribution in [3.8, 4) is 0 Å². The third-order valence-corrected chi connectivity index (χ3v) is 4.54. The first-order chi connectivity index (χ1) is 10.2. The standard InChI is InChI=1S/C16H26N4O/c1-3-12-10-15(20(4-2)18-12)16(21)19(14-7-8-14)11-13-6-5-9-17-13/h10,13-14,17H,3-9,11H2,1-2H3. The van der Waals surface area contributed by atoms with Gasteiger partial charge in [0.25, 0.3) is 5.91 Å². The van der Waals surface area contributed by atoms with Gasteiger partial charge in [0.1, 0.15) is 5.69 Å². The molecule has 1 atom stereocenters. The fourth-order valence-electron chi connectivity index (χ4n) is 3.14. The van der Waals surface area contributed by atoms with Crippen LogP contribution in [0.25, 0.3) is 0 Å². The molecule has 1 aromatic rings. The van der Waals surface area contributed by atoms with E-state index in [-0.39, 0.29) is 5.91 Å². The molecule has 1 aromatic heterocycles. The van der Waals surface area contributed by atoms with Crippen LogP contribution in [0.5, 0.6) is 0 Å². The molecule has 21 heavy (non-hydrogen) atoms. The van der Waals surface area contributed by atoms with Gasteiger partial charge in [-0.1, -0.05) is 6.92 Å². The number of amides is 1. The lowest BCUT2D eigenvalue weighted by atomic mass is 10.2. The van der Waals surface area contributed by atoms with Crippen LogP contribution in [0.15, 0.2) is 6.07 Å². The third kappa shape index (κ3) is 3.12. The van der Waals surface area contributed by atoms with E-state index >= 15 is 0 Å². The predicted molar refractivity (Wildman–Crippen MR) is 82.4 cm³/mol. The molecule has 1 aliphatic heterocycles. The minimum Gasteiger partial charge on any atom is -0.333 e. The first kappa shape index (κ1) is 14.6. The van der Waals surface area contributed by atoms with Crippen molar-refractivity contribution >= 4 is 5.91 Å². The van der Waals surface area contributed by atoms with Crippen LogP contribution in [0.1, 0.15) is 55.7 Å². The van der Waals surface area contributed by atoms with Crippen molar-refractivity contribution in [3.63, 3.8) is 0 Å². The molecule has 0 bridgehead atoms. The number of nitrogens with one attached hydrogen (secondary N) is 1. The van der Waals surface area contributed by atoms with E-state index in [0.29, 0.717) is 12.1 Å². The summed E-state index contributed by atoms with van der Waals surface area (Å²) in [5.74, 6) is 0.167. The van der Waals surface area contributed by atoms with Crippen LogP contribution in [0.4, 0.5) is 0 Å². The molecule has 3 rings (SSSR count). The predicted octanol–water partition coefficient (Wildman–Crippen LogP) is 1.82. The third-order valence-electron chi connectivity index (χ3n) is 4.54. The first-order valence-electron chi connectivity index (χ1n) is 8.34. The summed E-state index contributed by atoms with van der Waals surface area (Å²) in [5.41, 5.74) is 1.77. The Morgan fingerprint density at radius 3 is 2.81 bits per heavy atom. The second-order valence-electron chi connectivity index (χ2n) is 6.17. The van der Waals surface area contributed by atoms with Crippen molar-refractivity contribution in [2.45, 2.75) is 64.6 Å². The molecule has 116 valence electrons. The van der Waals surface area contributed by atoms with Crippen molar-refractivity contribution in [2.24, 2.45) is 0 Å². The highest BCUT2D eigenvalue weighted by molar-refractivity contribution is 5.93. The quantitative estimate of drug-likeness (QED) is 0.869. The Morgan fingerprint density at radius 1 is 1.43 bits per heavy atom. The molecule has 1 saturated carbocycles. The van der Waals surface area contributed by atoms with Gasteiger partial charge in [-0.15, -0.1) is 0 Å². The van der Waals surface area contributed by atoms with Crippen LogP contribution in [0.3, 0.4) is 0 Å². The maximum Gasteiger partial charge on any atom is 0.272 e. The summed E-state index contributed by atoms with van der Waals surface area (Å²) in [6.07, 6.45) is 5.59. The Balaban J connectivity index is 1.78. The summed E-state index contributed by atoms with van der Waals surface area (Å²) in [6, 6.07) is 2.90. The molecule has 2 aliphatic rings. The summed E-state index contributed by atoms with van der Waals surface area (Å²) in [6.45, 7) is 6.81. The highest BCUT2D eigenvalue weighted by atomic mass is 16.2. The molecule has 0 spiro atoms. The first-order valence-corrected chi connectivity index (χ1v) is 8.34. The van der Waals surface area contributed by atoms with Gasteiger partial charge in [0.15, 0.2) is 0 Å². The summed E-state index contributed by atoms with van der Waals surface area (Å²) >= 11 is 0. The van der Waals surface area contributed by atoms with Crippen LogP contribution in [-0.2, 0) is 13.0 Å². The molecule has 1 amide bonds. The zero-order chi connectivity index (χ0) is 14.8. The maximum absolute atomic E-state index is 13.0. The van der Waals surface area contributed by atoms with Crippen LogP contribution >= 0.6 is 0 Å². The molecular weight excluding hydrogens is 264 g/mol. The van der Waals surface area contributed by atoms with Gasteiger partial charge in [0.05, 0.1) is 5.69 Å². The number of aromatic nitrogens is 2. The summed E-state index contributed by atoms with van der Waals surface area (Å²) < 4.78 is 1.86. The summed E-state index contributed by atoms with van der Waals surface area (Å²) in [4.78, 5) is 15.0. The van der Waals surface area contributed by atoms with E-state index < -0.39 is 0 Å². The number of rotatable bonds is 6. The van der Waals surface area contributed by atoms with Gasteiger partial charge in [0, 0.05) is 25.2 Å². The van der Waals surface area contributed by atoms with E-state index in [2.05, 4.69) is 22.2 Å². The molecule has 1 aliphatic carbocycles. The fraction of sp³-hybridized carbons (Fsp3) is 0.750. The van der Waals surface area contributed by atoms with Crippen molar-refractivity contribution in [2.75, 3.05) is 13.1 Å². The fourth-order valence-corrected chi connectivity index (χ4v) is 3.14. The second-order valence-corrected chi connectivity index (χ2v) is 6.17. The average molecular weight is 290 g/mol. The highest BCUT2D eigenvalue weighted by Gasteiger charge is 2.36. The number of nitrogens with zero attached hydrogens (tertiary/aromatic N) is 3. The van der Waals surface area contributed by atoms with E-state index in [9.17, 15) is 4.79 Å². The lowest BCUT2D eigenvalue weighted by molar-refractivity contribution is 0.0716. The normalized spacial score (nSPS) is 21.7. The Labute approximate surface area is 126 Å². The van der Waals surface area contributed by atoms with E-state index in [4.69, 9.17) is 0 Å². The van der Waals surface area contributed by atoms with Gasteiger partial charge >= 0.3 is 0 Å². The van der Waals surface area contributed by atoms with Gasteiger partial charge < -0.3 is 10.2 Å². The van der Waals surface area contributed by atoms with E-state index in [1.165, 1.54) is 12.8 Å². The van der Waals surface area contributed by atoms with Crippen molar-refractivity contribution < 1.29 is 4.79 Å². The molecule has 1 unspecified atom stereocenters. The van der Waals surface area contributed by atoms with Gasteiger partial charge in [-0.3, -0.25) is 9.48 Å². The molecule has 5 nitrogen and oxygen atoms in total. The van der Waals surface area contributed by atoms with Gasteiger partial charge in [-0.05, 0) is 51.6 Å². The molecule has 2 heterocycles. The lowest BCUT2D eigenvalue weighted by Crippen LogP contribution is -2.43. The monoisotopic (exact) mass is 290 g/mol. The van der Waals surface area contributed by atoms with Gasteiger partial charge in [-0.2, -0.15) is 5.10 Å². The number of hydrogen-bond donors (Lipinski definition) is 1. The summed E-state index contributed by atoms with van der Waals surface area (Å²) in [5, 5.41) is 8.02. The maximum atomic E-state index is 13.0. The van der Waals surface area contributed by atoms with Crippen molar-refractivity contribution in [1.29, 1.82) is 0 Å². The minimum absolute atomic E-state index is 0.167. The van der Waals surface area contributed by atoms with Crippen molar-refractivity contribution in [3.05, 3.63) is 17.5 Å². The number of carbonyl (C=O) groups excluding carboxylic acids is 1. The Kier molecular flexibility index (Phi) is 4.29. The molecule has 5 heteroatoms. The summed E-state index contributed by atoms with van der Waals surface area (Å²) in [7, 11) is 0. The molecule has 0 radical (unpaired) electrons.